The molecule has 142 valence electrons. The van der Waals surface area contributed by atoms with Gasteiger partial charge in [0.15, 0.2) is 12.4 Å². The Hall–Kier alpha value is -3.79. The molecule has 3 rings (SSSR count). The van der Waals surface area contributed by atoms with Gasteiger partial charge in [-0.15, -0.1) is 0 Å². The van der Waals surface area contributed by atoms with E-state index in [-0.39, 0.29) is 22.0 Å². The standard InChI is InChI=1S/C17H12ClN5O5/c18-13-4-3-12(23(26)27)8-14(13)21-16(24)10-28-17(25)11-2-5-15(19-9-11)22-7-1-6-20-22/h1-9H,10H2,(H,21,24). The van der Waals surface area contributed by atoms with Gasteiger partial charge in [-0.05, 0) is 24.3 Å². The molecule has 11 heteroatoms. The number of amides is 1. The monoisotopic (exact) mass is 401 g/mol. The van der Waals surface area contributed by atoms with Gasteiger partial charge in [-0.25, -0.2) is 14.5 Å². The molecule has 0 saturated heterocycles. The number of nitro benzene ring substituents is 1. The second kappa shape index (κ2) is 8.27. The van der Waals surface area contributed by atoms with Gasteiger partial charge in [0.25, 0.3) is 11.6 Å². The minimum atomic E-state index is -0.750. The van der Waals surface area contributed by atoms with Gasteiger partial charge in [0.05, 0.1) is 21.2 Å². The van der Waals surface area contributed by atoms with Crippen LogP contribution in [0.2, 0.25) is 5.02 Å². The van der Waals surface area contributed by atoms with Crippen molar-refractivity contribution in [1.82, 2.24) is 14.8 Å². The molecule has 2 heterocycles. The molecular formula is C17H12ClN5O5. The number of benzene rings is 1. The highest BCUT2D eigenvalue weighted by atomic mass is 35.5. The zero-order chi connectivity index (χ0) is 20.1. The molecule has 0 fully saturated rings. The molecule has 0 aliphatic carbocycles. The van der Waals surface area contributed by atoms with Crippen molar-refractivity contribution in [3.05, 3.63) is 75.7 Å². The first kappa shape index (κ1) is 19.0. The number of esters is 1. The summed E-state index contributed by atoms with van der Waals surface area (Å²) in [7, 11) is 0. The van der Waals surface area contributed by atoms with Gasteiger partial charge in [0.1, 0.15) is 0 Å². The number of ether oxygens (including phenoxy) is 1. The fraction of sp³-hybridized carbons (Fsp3) is 0.0588. The van der Waals surface area contributed by atoms with E-state index in [1.165, 1.54) is 29.1 Å². The predicted molar refractivity (Wildman–Crippen MR) is 98.4 cm³/mol. The number of non-ortho nitro benzene ring substituents is 1. The van der Waals surface area contributed by atoms with Crippen LogP contribution in [0.1, 0.15) is 10.4 Å². The number of anilines is 1. The van der Waals surface area contributed by atoms with Crippen molar-refractivity contribution < 1.29 is 19.2 Å². The molecule has 1 amide bonds. The number of pyridine rings is 1. The predicted octanol–water partition coefficient (Wildman–Crippen LogP) is 2.62. The smallest absolute Gasteiger partial charge is 0.340 e. The molecule has 0 aliphatic heterocycles. The van der Waals surface area contributed by atoms with E-state index in [9.17, 15) is 19.7 Å². The molecule has 2 aromatic heterocycles. The Kier molecular flexibility index (Phi) is 5.61. The Morgan fingerprint density at radius 1 is 1.29 bits per heavy atom. The molecule has 0 unspecified atom stereocenters. The quantitative estimate of drug-likeness (QED) is 0.381. The maximum absolute atomic E-state index is 12.0. The van der Waals surface area contributed by atoms with Crippen molar-refractivity contribution in [2.45, 2.75) is 0 Å². The largest absolute Gasteiger partial charge is 0.452 e. The average Bonchev–Trinajstić information content (AvgIpc) is 3.22. The maximum atomic E-state index is 12.0. The molecule has 28 heavy (non-hydrogen) atoms. The fourth-order valence-corrected chi connectivity index (χ4v) is 2.33. The van der Waals surface area contributed by atoms with Gasteiger partial charge < -0.3 is 10.1 Å². The van der Waals surface area contributed by atoms with E-state index >= 15 is 0 Å². The lowest BCUT2D eigenvalue weighted by Crippen LogP contribution is -2.21. The van der Waals surface area contributed by atoms with Crippen LogP contribution in [-0.4, -0.2) is 38.2 Å². The van der Waals surface area contributed by atoms with Crippen LogP contribution in [0.5, 0.6) is 0 Å². The molecule has 1 N–H and O–H groups in total. The SMILES string of the molecule is O=C(COC(=O)c1ccc(-n2cccn2)nc1)Nc1cc([N+](=O)[O-])ccc1Cl. The normalized spacial score (nSPS) is 10.3. The lowest BCUT2D eigenvalue weighted by atomic mass is 10.2. The van der Waals surface area contributed by atoms with Crippen molar-refractivity contribution >= 4 is 34.9 Å². The van der Waals surface area contributed by atoms with E-state index in [0.717, 1.165) is 6.07 Å². The molecule has 0 spiro atoms. The zero-order valence-electron chi connectivity index (χ0n) is 14.1. The number of carbonyl (C=O) groups is 2. The Balaban J connectivity index is 1.58. The summed E-state index contributed by atoms with van der Waals surface area (Å²) in [5, 5.41) is 17.3. The van der Waals surface area contributed by atoms with Gasteiger partial charge >= 0.3 is 5.97 Å². The summed E-state index contributed by atoms with van der Waals surface area (Å²) < 4.78 is 6.44. The number of aromatic nitrogens is 3. The van der Waals surface area contributed by atoms with Crippen LogP contribution in [0, 0.1) is 10.1 Å². The third kappa shape index (κ3) is 4.48. The number of nitro groups is 1. The summed E-state index contributed by atoms with van der Waals surface area (Å²) in [5.41, 5.74) is -0.0423. The number of nitrogens with zero attached hydrogens (tertiary/aromatic N) is 4. The zero-order valence-corrected chi connectivity index (χ0v) is 14.9. The summed E-state index contributed by atoms with van der Waals surface area (Å²) in [5.74, 6) is -0.934. The van der Waals surface area contributed by atoms with Crippen molar-refractivity contribution in [3.8, 4) is 5.82 Å². The Labute approximate surface area is 162 Å². The van der Waals surface area contributed by atoms with Gasteiger partial charge in [-0.3, -0.25) is 14.9 Å². The van der Waals surface area contributed by atoms with Crippen molar-refractivity contribution in [2.75, 3.05) is 11.9 Å². The molecule has 0 radical (unpaired) electrons. The van der Waals surface area contributed by atoms with Crippen molar-refractivity contribution in [2.24, 2.45) is 0 Å². The second-order valence-electron chi connectivity index (χ2n) is 5.40. The van der Waals surface area contributed by atoms with Crippen molar-refractivity contribution in [1.29, 1.82) is 0 Å². The number of rotatable bonds is 6. The van der Waals surface area contributed by atoms with E-state index in [2.05, 4.69) is 15.4 Å². The highest BCUT2D eigenvalue weighted by Crippen LogP contribution is 2.26. The number of halogens is 1. The Morgan fingerprint density at radius 3 is 2.75 bits per heavy atom. The maximum Gasteiger partial charge on any atom is 0.340 e. The average molecular weight is 402 g/mol. The van der Waals surface area contributed by atoms with Gasteiger partial charge in [-0.2, -0.15) is 5.10 Å². The van der Waals surface area contributed by atoms with Gasteiger partial charge in [0, 0.05) is 30.7 Å². The van der Waals surface area contributed by atoms with E-state index in [1.54, 1.807) is 24.5 Å². The number of hydrogen-bond donors (Lipinski definition) is 1. The molecule has 10 nitrogen and oxygen atoms in total. The van der Waals surface area contributed by atoms with Crippen LogP contribution in [0.4, 0.5) is 11.4 Å². The van der Waals surface area contributed by atoms with Gasteiger partial charge in [0.2, 0.25) is 0 Å². The van der Waals surface area contributed by atoms with Gasteiger partial charge in [-0.1, -0.05) is 11.6 Å². The third-order valence-electron chi connectivity index (χ3n) is 3.49. The first-order chi connectivity index (χ1) is 13.4. The molecule has 0 aliphatic rings. The van der Waals surface area contributed by atoms with Crippen LogP contribution in [0.15, 0.2) is 55.0 Å². The summed E-state index contributed by atoms with van der Waals surface area (Å²) >= 11 is 5.90. The first-order valence-corrected chi connectivity index (χ1v) is 8.19. The summed E-state index contributed by atoms with van der Waals surface area (Å²) in [6.07, 6.45) is 4.59. The summed E-state index contributed by atoms with van der Waals surface area (Å²) in [4.78, 5) is 38.2. The van der Waals surface area contributed by atoms with E-state index < -0.39 is 23.4 Å². The minimum Gasteiger partial charge on any atom is -0.452 e. The van der Waals surface area contributed by atoms with Crippen LogP contribution in [0.25, 0.3) is 5.82 Å². The second-order valence-corrected chi connectivity index (χ2v) is 5.81. The Morgan fingerprint density at radius 2 is 2.11 bits per heavy atom. The molecule has 0 bridgehead atoms. The lowest BCUT2D eigenvalue weighted by molar-refractivity contribution is -0.384. The van der Waals surface area contributed by atoms with E-state index in [1.807, 2.05) is 0 Å². The molecule has 0 atom stereocenters. The molecule has 1 aromatic carbocycles. The highest BCUT2D eigenvalue weighted by molar-refractivity contribution is 6.33. The Bertz CT molecular complexity index is 1020. The van der Waals surface area contributed by atoms with Crippen molar-refractivity contribution in [3.63, 3.8) is 0 Å². The third-order valence-corrected chi connectivity index (χ3v) is 3.82. The first-order valence-electron chi connectivity index (χ1n) is 7.81. The number of nitrogens with one attached hydrogen (secondary N) is 1. The van der Waals surface area contributed by atoms with Crippen LogP contribution >= 0.6 is 11.6 Å². The van der Waals surface area contributed by atoms with Crippen LogP contribution in [-0.2, 0) is 9.53 Å². The molecular weight excluding hydrogens is 390 g/mol. The lowest BCUT2D eigenvalue weighted by Gasteiger charge is -2.08. The number of carbonyl (C=O) groups excluding carboxylic acids is 2. The topological polar surface area (TPSA) is 129 Å². The molecule has 3 aromatic rings. The molecule has 0 saturated carbocycles. The van der Waals surface area contributed by atoms with E-state index in [0.29, 0.717) is 5.82 Å². The fourth-order valence-electron chi connectivity index (χ4n) is 2.17. The number of hydrogen-bond acceptors (Lipinski definition) is 7. The summed E-state index contributed by atoms with van der Waals surface area (Å²) in [6.45, 7) is -0.598. The summed E-state index contributed by atoms with van der Waals surface area (Å²) in [6, 6.07) is 8.40. The van der Waals surface area contributed by atoms with E-state index in [4.69, 9.17) is 16.3 Å². The minimum absolute atomic E-state index is 0.0437. The highest BCUT2D eigenvalue weighted by Gasteiger charge is 2.15. The van der Waals surface area contributed by atoms with Crippen LogP contribution < -0.4 is 5.32 Å². The van der Waals surface area contributed by atoms with Crippen LogP contribution in [0.3, 0.4) is 0 Å².